The maximum atomic E-state index is 9.04. The quantitative estimate of drug-likeness (QED) is 0.741. The summed E-state index contributed by atoms with van der Waals surface area (Å²) >= 11 is 0. The van der Waals surface area contributed by atoms with E-state index >= 15 is 0 Å². The molecule has 0 amide bonds. The van der Waals surface area contributed by atoms with Crippen LogP contribution in [0.2, 0.25) is 0 Å². The van der Waals surface area contributed by atoms with Gasteiger partial charge in [0.15, 0.2) is 11.4 Å². The summed E-state index contributed by atoms with van der Waals surface area (Å²) < 4.78 is 1.53. The minimum absolute atomic E-state index is 0.105. The van der Waals surface area contributed by atoms with Crippen molar-refractivity contribution in [1.82, 2.24) is 9.55 Å². The number of aryl methyl sites for hydroxylation is 1. The van der Waals surface area contributed by atoms with Crippen LogP contribution in [0.3, 0.4) is 0 Å². The number of rotatable bonds is 1. The Labute approximate surface area is 98.3 Å². The van der Waals surface area contributed by atoms with E-state index in [-0.39, 0.29) is 11.4 Å². The Bertz CT molecular complexity index is 655. The number of benzene rings is 1. The van der Waals surface area contributed by atoms with Gasteiger partial charge in [-0.25, -0.2) is 4.98 Å². The van der Waals surface area contributed by atoms with E-state index in [1.807, 2.05) is 31.2 Å². The maximum Gasteiger partial charge on any atom is 0.177 e. The van der Waals surface area contributed by atoms with E-state index in [1.54, 1.807) is 6.07 Å². The van der Waals surface area contributed by atoms with Gasteiger partial charge in [0.2, 0.25) is 0 Å². The smallest absolute Gasteiger partial charge is 0.177 e. The van der Waals surface area contributed by atoms with Crippen molar-refractivity contribution in [1.29, 1.82) is 10.5 Å². The van der Waals surface area contributed by atoms with Gasteiger partial charge in [-0.2, -0.15) is 10.5 Å². The lowest BCUT2D eigenvalue weighted by atomic mass is 10.1. The summed E-state index contributed by atoms with van der Waals surface area (Å²) in [6, 6.07) is 9.35. The lowest BCUT2D eigenvalue weighted by molar-refractivity contribution is 1.03. The van der Waals surface area contributed by atoms with Gasteiger partial charge in [0.05, 0.1) is 11.4 Å². The minimum Gasteiger partial charge on any atom is -0.397 e. The lowest BCUT2D eigenvalue weighted by Gasteiger charge is -2.09. The molecule has 5 heteroatoms. The number of nitrogens with zero attached hydrogens (tertiary/aromatic N) is 4. The Hall–Kier alpha value is -2.79. The maximum absolute atomic E-state index is 9.04. The van der Waals surface area contributed by atoms with Crippen molar-refractivity contribution in [2.75, 3.05) is 5.73 Å². The zero-order valence-electron chi connectivity index (χ0n) is 9.18. The lowest BCUT2D eigenvalue weighted by Crippen LogP contribution is -2.02. The summed E-state index contributed by atoms with van der Waals surface area (Å²) in [5.41, 5.74) is 8.40. The van der Waals surface area contributed by atoms with E-state index in [4.69, 9.17) is 16.3 Å². The topological polar surface area (TPSA) is 91.4 Å². The highest BCUT2D eigenvalue weighted by Gasteiger charge is 2.13. The largest absolute Gasteiger partial charge is 0.397 e. The van der Waals surface area contributed by atoms with Crippen molar-refractivity contribution in [3.05, 3.63) is 41.5 Å². The molecule has 0 aliphatic rings. The predicted molar refractivity (Wildman–Crippen MR) is 62.1 cm³/mol. The van der Waals surface area contributed by atoms with Crippen LogP contribution < -0.4 is 5.73 Å². The van der Waals surface area contributed by atoms with Crippen molar-refractivity contribution in [2.45, 2.75) is 6.92 Å². The molecular formula is C12H9N5. The molecule has 2 aromatic rings. The molecule has 0 saturated carbocycles. The molecule has 1 aromatic carbocycles. The van der Waals surface area contributed by atoms with Gasteiger partial charge in [0.1, 0.15) is 18.5 Å². The number of nitriles is 2. The fourth-order valence-electron chi connectivity index (χ4n) is 1.59. The molecule has 2 rings (SSSR count). The van der Waals surface area contributed by atoms with Gasteiger partial charge in [-0.3, -0.25) is 4.57 Å². The SMILES string of the molecule is Cc1cccc(-n2cnc(C#N)c2C#N)c1N. The molecule has 0 unspecified atom stereocenters. The summed E-state index contributed by atoms with van der Waals surface area (Å²) in [5, 5.41) is 17.9. The predicted octanol–water partition coefficient (Wildman–Crippen LogP) is 1.51. The van der Waals surface area contributed by atoms with Crippen LogP contribution >= 0.6 is 0 Å². The molecule has 0 bridgehead atoms. The Kier molecular flexibility index (Phi) is 2.52. The number of aromatic nitrogens is 2. The number of hydrogen-bond donors (Lipinski definition) is 1. The molecule has 0 fully saturated rings. The van der Waals surface area contributed by atoms with Crippen molar-refractivity contribution < 1.29 is 0 Å². The fourth-order valence-corrected chi connectivity index (χ4v) is 1.59. The summed E-state index contributed by atoms with van der Waals surface area (Å²) in [6.45, 7) is 1.88. The van der Waals surface area contributed by atoms with Gasteiger partial charge in [0, 0.05) is 0 Å². The van der Waals surface area contributed by atoms with Crippen LogP contribution in [-0.4, -0.2) is 9.55 Å². The van der Waals surface area contributed by atoms with Crippen LogP contribution in [-0.2, 0) is 0 Å². The van der Waals surface area contributed by atoms with Gasteiger partial charge in [-0.05, 0) is 18.6 Å². The van der Waals surface area contributed by atoms with Gasteiger partial charge in [-0.15, -0.1) is 0 Å². The van der Waals surface area contributed by atoms with E-state index < -0.39 is 0 Å². The van der Waals surface area contributed by atoms with E-state index in [9.17, 15) is 0 Å². The van der Waals surface area contributed by atoms with Crippen LogP contribution in [0.5, 0.6) is 0 Å². The van der Waals surface area contributed by atoms with Crippen LogP contribution in [0.15, 0.2) is 24.5 Å². The molecule has 1 heterocycles. The first kappa shape index (κ1) is 10.7. The highest BCUT2D eigenvalue weighted by atomic mass is 15.1. The molecule has 0 aliphatic carbocycles. The van der Waals surface area contributed by atoms with Gasteiger partial charge in [0.25, 0.3) is 0 Å². The number of anilines is 1. The minimum atomic E-state index is 0.105. The molecule has 0 aliphatic heterocycles. The third-order valence-electron chi connectivity index (χ3n) is 2.54. The number of nitrogens with two attached hydrogens (primary N) is 1. The Morgan fingerprint density at radius 2 is 2.06 bits per heavy atom. The molecule has 0 spiro atoms. The number of imidazole rings is 1. The van der Waals surface area contributed by atoms with E-state index in [1.165, 1.54) is 10.9 Å². The van der Waals surface area contributed by atoms with Crippen LogP contribution in [0.4, 0.5) is 5.69 Å². The fraction of sp³-hybridized carbons (Fsp3) is 0.0833. The second-order valence-corrected chi connectivity index (χ2v) is 3.54. The number of hydrogen-bond acceptors (Lipinski definition) is 4. The van der Waals surface area contributed by atoms with E-state index in [0.717, 1.165) is 5.56 Å². The second-order valence-electron chi connectivity index (χ2n) is 3.54. The number of para-hydroxylation sites is 1. The van der Waals surface area contributed by atoms with Crippen LogP contribution in [0.1, 0.15) is 17.0 Å². The Morgan fingerprint density at radius 1 is 1.29 bits per heavy atom. The molecule has 2 N–H and O–H groups in total. The van der Waals surface area contributed by atoms with E-state index in [2.05, 4.69) is 4.98 Å². The highest BCUT2D eigenvalue weighted by Crippen LogP contribution is 2.23. The van der Waals surface area contributed by atoms with Crippen molar-refractivity contribution >= 4 is 5.69 Å². The first-order valence-corrected chi connectivity index (χ1v) is 4.92. The Balaban J connectivity index is 2.71. The second kappa shape index (κ2) is 3.99. The van der Waals surface area contributed by atoms with Gasteiger partial charge >= 0.3 is 0 Å². The first-order chi connectivity index (χ1) is 8.19. The van der Waals surface area contributed by atoms with E-state index in [0.29, 0.717) is 11.4 Å². The van der Waals surface area contributed by atoms with Gasteiger partial charge < -0.3 is 5.73 Å². The zero-order chi connectivity index (χ0) is 12.4. The normalized spacial score (nSPS) is 9.59. The third-order valence-corrected chi connectivity index (χ3v) is 2.54. The summed E-state index contributed by atoms with van der Waals surface area (Å²) in [7, 11) is 0. The molecule has 0 saturated heterocycles. The molecular weight excluding hydrogens is 214 g/mol. The zero-order valence-corrected chi connectivity index (χ0v) is 9.18. The molecule has 17 heavy (non-hydrogen) atoms. The molecule has 82 valence electrons. The average molecular weight is 223 g/mol. The summed E-state index contributed by atoms with van der Waals surface area (Å²) in [5.74, 6) is 0. The van der Waals surface area contributed by atoms with Crippen molar-refractivity contribution in [2.24, 2.45) is 0 Å². The third kappa shape index (κ3) is 1.60. The van der Waals surface area contributed by atoms with Gasteiger partial charge in [-0.1, -0.05) is 12.1 Å². The van der Waals surface area contributed by atoms with Crippen LogP contribution in [0, 0.1) is 29.6 Å². The summed E-state index contributed by atoms with van der Waals surface area (Å²) in [4.78, 5) is 3.88. The average Bonchev–Trinajstić information content (AvgIpc) is 2.75. The number of nitrogen functional groups attached to an aromatic ring is 1. The monoisotopic (exact) mass is 223 g/mol. The first-order valence-electron chi connectivity index (χ1n) is 4.92. The highest BCUT2D eigenvalue weighted by molar-refractivity contribution is 5.64. The molecule has 0 atom stereocenters. The van der Waals surface area contributed by atoms with Crippen molar-refractivity contribution in [3.63, 3.8) is 0 Å². The molecule has 0 radical (unpaired) electrons. The van der Waals surface area contributed by atoms with Crippen molar-refractivity contribution in [3.8, 4) is 17.8 Å². The summed E-state index contributed by atoms with van der Waals surface area (Å²) in [6.07, 6.45) is 1.43. The van der Waals surface area contributed by atoms with Crippen LogP contribution in [0.25, 0.3) is 5.69 Å². The molecule has 5 nitrogen and oxygen atoms in total. The standard InChI is InChI=1S/C12H9N5/c1-8-3-2-4-10(12(8)15)17-7-16-9(5-13)11(17)6-14/h2-4,7H,15H2,1H3. The molecule has 1 aromatic heterocycles. The Morgan fingerprint density at radius 3 is 2.71 bits per heavy atom.